The van der Waals surface area contributed by atoms with Gasteiger partial charge in [0, 0.05) is 39.9 Å². The second-order valence-corrected chi connectivity index (χ2v) is 6.33. The van der Waals surface area contributed by atoms with Crippen molar-refractivity contribution in [1.29, 1.82) is 0 Å². The molecule has 2 aromatic rings. The van der Waals surface area contributed by atoms with Crippen LogP contribution in [0, 0.1) is 0 Å². The first-order chi connectivity index (χ1) is 12.2. The zero-order valence-electron chi connectivity index (χ0n) is 15.6. The van der Waals surface area contributed by atoms with Crippen LogP contribution in [0.1, 0.15) is 17.5 Å². The Hall–Kier alpha value is -2.49. The molecule has 0 saturated carbocycles. The van der Waals surface area contributed by atoms with Crippen molar-refractivity contribution in [2.24, 2.45) is 4.99 Å². The molecule has 0 aliphatic rings. The van der Waals surface area contributed by atoms with E-state index in [0.717, 1.165) is 38.3 Å². The largest absolute Gasteiger partial charge is 0.378 e. The molecule has 25 heavy (non-hydrogen) atoms. The maximum Gasteiger partial charge on any atom is 0.190 e. The number of aliphatic imine (C=N–C) groups is 1. The minimum absolute atomic E-state index is 0.874. The molecule has 0 heterocycles. The standard InChI is InChI=1S/C21H30N4/c1-22-21(24-17-15-18-8-5-4-6-9-18)23-16-7-10-19-11-13-20(14-12-19)25(2)3/h4-6,8-9,11-14H,7,10,15-17H2,1-3H3,(H2,22,23,24). The zero-order chi connectivity index (χ0) is 17.9. The fourth-order valence-corrected chi connectivity index (χ4v) is 2.65. The van der Waals surface area contributed by atoms with Gasteiger partial charge in [-0.15, -0.1) is 0 Å². The predicted molar refractivity (Wildman–Crippen MR) is 109 cm³/mol. The van der Waals surface area contributed by atoms with E-state index in [1.165, 1.54) is 16.8 Å². The van der Waals surface area contributed by atoms with Gasteiger partial charge in [-0.1, -0.05) is 42.5 Å². The number of benzene rings is 2. The molecular weight excluding hydrogens is 308 g/mol. The monoisotopic (exact) mass is 338 g/mol. The Bertz CT molecular complexity index is 633. The number of nitrogens with one attached hydrogen (secondary N) is 2. The minimum atomic E-state index is 0.874. The highest BCUT2D eigenvalue weighted by Crippen LogP contribution is 2.13. The van der Waals surface area contributed by atoms with Gasteiger partial charge in [0.15, 0.2) is 5.96 Å². The van der Waals surface area contributed by atoms with Crippen LogP contribution >= 0.6 is 0 Å². The molecule has 2 rings (SSSR count). The van der Waals surface area contributed by atoms with Crippen LogP contribution in [-0.2, 0) is 12.8 Å². The molecular formula is C21H30N4. The molecule has 0 aromatic heterocycles. The smallest absolute Gasteiger partial charge is 0.190 e. The average molecular weight is 338 g/mol. The van der Waals surface area contributed by atoms with Crippen LogP contribution in [0.4, 0.5) is 5.69 Å². The molecule has 2 aromatic carbocycles. The Morgan fingerprint density at radius 3 is 2.12 bits per heavy atom. The third-order valence-corrected chi connectivity index (χ3v) is 4.16. The lowest BCUT2D eigenvalue weighted by molar-refractivity contribution is 0.739. The SMILES string of the molecule is CN=C(NCCCc1ccc(N(C)C)cc1)NCCc1ccccc1. The first-order valence-electron chi connectivity index (χ1n) is 8.94. The molecule has 2 N–H and O–H groups in total. The minimum Gasteiger partial charge on any atom is -0.378 e. The summed E-state index contributed by atoms with van der Waals surface area (Å²) in [7, 11) is 5.95. The van der Waals surface area contributed by atoms with E-state index in [1.807, 2.05) is 13.1 Å². The van der Waals surface area contributed by atoms with Gasteiger partial charge in [-0.2, -0.15) is 0 Å². The fraction of sp³-hybridized carbons (Fsp3) is 0.381. The summed E-state index contributed by atoms with van der Waals surface area (Å²) in [6.07, 6.45) is 3.15. The maximum atomic E-state index is 4.28. The van der Waals surface area contributed by atoms with Crippen LogP contribution < -0.4 is 15.5 Å². The Morgan fingerprint density at radius 2 is 1.48 bits per heavy atom. The first-order valence-corrected chi connectivity index (χ1v) is 8.94. The van der Waals surface area contributed by atoms with Crippen LogP contribution in [-0.4, -0.2) is 40.2 Å². The number of hydrogen-bond donors (Lipinski definition) is 2. The van der Waals surface area contributed by atoms with Crippen LogP contribution in [0.2, 0.25) is 0 Å². The summed E-state index contributed by atoms with van der Waals surface area (Å²) in [6.45, 7) is 1.80. The van der Waals surface area contributed by atoms with E-state index in [0.29, 0.717) is 0 Å². The lowest BCUT2D eigenvalue weighted by atomic mass is 10.1. The molecule has 0 atom stereocenters. The third kappa shape index (κ3) is 6.87. The molecule has 0 aliphatic carbocycles. The maximum absolute atomic E-state index is 4.28. The van der Waals surface area contributed by atoms with Gasteiger partial charge in [0.05, 0.1) is 0 Å². The second-order valence-electron chi connectivity index (χ2n) is 6.33. The number of guanidine groups is 1. The van der Waals surface area contributed by atoms with E-state index in [1.54, 1.807) is 0 Å². The molecule has 0 unspecified atom stereocenters. The van der Waals surface area contributed by atoms with E-state index >= 15 is 0 Å². The van der Waals surface area contributed by atoms with E-state index in [4.69, 9.17) is 0 Å². The van der Waals surface area contributed by atoms with Gasteiger partial charge >= 0.3 is 0 Å². The van der Waals surface area contributed by atoms with Gasteiger partial charge in [0.1, 0.15) is 0 Å². The molecule has 0 fully saturated rings. The van der Waals surface area contributed by atoms with Crippen molar-refractivity contribution >= 4 is 11.6 Å². The molecule has 0 bridgehead atoms. The summed E-state index contributed by atoms with van der Waals surface area (Å²) in [4.78, 5) is 6.41. The summed E-state index contributed by atoms with van der Waals surface area (Å²) in [5.41, 5.74) is 3.95. The number of aryl methyl sites for hydroxylation is 1. The van der Waals surface area contributed by atoms with Gasteiger partial charge in [0.2, 0.25) is 0 Å². The normalized spacial score (nSPS) is 11.2. The van der Waals surface area contributed by atoms with Crippen molar-refractivity contribution in [2.75, 3.05) is 39.1 Å². The van der Waals surface area contributed by atoms with Gasteiger partial charge in [-0.25, -0.2) is 0 Å². The highest BCUT2D eigenvalue weighted by molar-refractivity contribution is 5.79. The Morgan fingerprint density at radius 1 is 0.840 bits per heavy atom. The van der Waals surface area contributed by atoms with Crippen molar-refractivity contribution in [3.63, 3.8) is 0 Å². The average Bonchev–Trinajstić information content (AvgIpc) is 2.65. The van der Waals surface area contributed by atoms with Crippen LogP contribution in [0.3, 0.4) is 0 Å². The lowest BCUT2D eigenvalue weighted by Crippen LogP contribution is -2.38. The third-order valence-electron chi connectivity index (χ3n) is 4.16. The Balaban J connectivity index is 1.63. The second kappa shape index (κ2) is 10.4. The first kappa shape index (κ1) is 18.8. The van der Waals surface area contributed by atoms with Crippen LogP contribution in [0.5, 0.6) is 0 Å². The van der Waals surface area contributed by atoms with Crippen molar-refractivity contribution < 1.29 is 0 Å². The molecule has 0 spiro atoms. The van der Waals surface area contributed by atoms with Crippen LogP contribution in [0.25, 0.3) is 0 Å². The van der Waals surface area contributed by atoms with Crippen LogP contribution in [0.15, 0.2) is 59.6 Å². The van der Waals surface area contributed by atoms with E-state index in [-0.39, 0.29) is 0 Å². The van der Waals surface area contributed by atoms with Gasteiger partial charge in [-0.3, -0.25) is 4.99 Å². The van der Waals surface area contributed by atoms with Crippen molar-refractivity contribution in [2.45, 2.75) is 19.3 Å². The summed E-state index contributed by atoms with van der Waals surface area (Å²) in [5, 5.41) is 6.76. The molecule has 0 aliphatic heterocycles. The molecule has 0 amide bonds. The summed E-state index contributed by atoms with van der Waals surface area (Å²) >= 11 is 0. The van der Waals surface area contributed by atoms with E-state index in [9.17, 15) is 0 Å². The Labute approximate surface area is 152 Å². The highest BCUT2D eigenvalue weighted by atomic mass is 15.2. The van der Waals surface area contributed by atoms with E-state index in [2.05, 4.69) is 83.2 Å². The number of rotatable bonds is 8. The quantitative estimate of drug-likeness (QED) is 0.441. The molecule has 0 radical (unpaired) electrons. The van der Waals surface area contributed by atoms with Gasteiger partial charge < -0.3 is 15.5 Å². The molecule has 0 saturated heterocycles. The van der Waals surface area contributed by atoms with Gasteiger partial charge in [0.25, 0.3) is 0 Å². The fourth-order valence-electron chi connectivity index (χ4n) is 2.65. The summed E-state index contributed by atoms with van der Waals surface area (Å²) in [6, 6.07) is 19.3. The lowest BCUT2D eigenvalue weighted by Gasteiger charge is -2.13. The number of hydrogen-bond acceptors (Lipinski definition) is 2. The number of nitrogens with zero attached hydrogens (tertiary/aromatic N) is 2. The molecule has 4 heteroatoms. The Kier molecular flexibility index (Phi) is 7.83. The predicted octanol–water partition coefficient (Wildman–Crippen LogP) is 3.09. The zero-order valence-corrected chi connectivity index (χ0v) is 15.6. The van der Waals surface area contributed by atoms with Gasteiger partial charge in [-0.05, 0) is 42.5 Å². The van der Waals surface area contributed by atoms with Crippen molar-refractivity contribution in [1.82, 2.24) is 10.6 Å². The highest BCUT2D eigenvalue weighted by Gasteiger charge is 1.99. The molecule has 134 valence electrons. The molecule has 4 nitrogen and oxygen atoms in total. The van der Waals surface area contributed by atoms with Crippen molar-refractivity contribution in [3.8, 4) is 0 Å². The van der Waals surface area contributed by atoms with Crippen molar-refractivity contribution in [3.05, 3.63) is 65.7 Å². The summed E-state index contributed by atoms with van der Waals surface area (Å²) < 4.78 is 0. The van der Waals surface area contributed by atoms with E-state index < -0.39 is 0 Å². The summed E-state index contributed by atoms with van der Waals surface area (Å²) in [5.74, 6) is 0.874. The topological polar surface area (TPSA) is 39.7 Å². The number of anilines is 1.